The lowest BCUT2D eigenvalue weighted by atomic mass is 9.78. The number of nitrogens with one attached hydrogen (secondary N) is 1. The second-order valence-electron chi connectivity index (χ2n) is 4.81. The van der Waals surface area contributed by atoms with E-state index in [0.717, 1.165) is 4.90 Å². The van der Waals surface area contributed by atoms with Gasteiger partial charge in [-0.1, -0.05) is 13.8 Å². The van der Waals surface area contributed by atoms with Crippen molar-refractivity contribution in [3.05, 3.63) is 18.7 Å². The van der Waals surface area contributed by atoms with Crippen LogP contribution in [0.5, 0.6) is 0 Å². The summed E-state index contributed by atoms with van der Waals surface area (Å²) in [5, 5.41) is 2.28. The summed E-state index contributed by atoms with van der Waals surface area (Å²) in [7, 11) is 0. The minimum Gasteiger partial charge on any atom is -0.336 e. The molecule has 108 valence electrons. The molecule has 0 spiro atoms. The van der Waals surface area contributed by atoms with Gasteiger partial charge in [0.15, 0.2) is 0 Å². The highest BCUT2D eigenvalue weighted by Gasteiger charge is 2.51. The van der Waals surface area contributed by atoms with Gasteiger partial charge in [-0.3, -0.25) is 19.8 Å². The minimum atomic E-state index is -1.12. The van der Waals surface area contributed by atoms with Crippen LogP contribution in [0.15, 0.2) is 18.7 Å². The smallest absolute Gasteiger partial charge is 0.330 e. The van der Waals surface area contributed by atoms with Gasteiger partial charge in [0.05, 0.1) is 6.33 Å². The molecular weight excluding hydrogens is 260 g/mol. The van der Waals surface area contributed by atoms with E-state index in [0.29, 0.717) is 19.4 Å². The first kappa shape index (κ1) is 14.2. The Balaban J connectivity index is 2.17. The van der Waals surface area contributed by atoms with Crippen LogP contribution in [0.3, 0.4) is 0 Å². The van der Waals surface area contributed by atoms with Crippen LogP contribution in [0.25, 0.3) is 0 Å². The van der Waals surface area contributed by atoms with Crippen LogP contribution in [0.1, 0.15) is 26.7 Å². The SMILES string of the molecule is CCC1(CC)C(=O)NC(=O)N(CCn2ccnc2)C1=O. The predicted molar refractivity (Wildman–Crippen MR) is 70.5 cm³/mol. The summed E-state index contributed by atoms with van der Waals surface area (Å²) >= 11 is 0. The fraction of sp³-hybridized carbons (Fsp3) is 0.538. The topological polar surface area (TPSA) is 84.3 Å². The highest BCUT2D eigenvalue weighted by Crippen LogP contribution is 2.32. The summed E-state index contributed by atoms with van der Waals surface area (Å²) in [6.45, 7) is 4.24. The van der Waals surface area contributed by atoms with E-state index in [1.54, 1.807) is 37.1 Å². The fourth-order valence-electron chi connectivity index (χ4n) is 2.44. The number of rotatable bonds is 5. The van der Waals surface area contributed by atoms with Crippen molar-refractivity contribution < 1.29 is 14.4 Å². The van der Waals surface area contributed by atoms with Crippen LogP contribution in [-0.4, -0.2) is 38.8 Å². The predicted octanol–water partition coefficient (Wildman–Crippen LogP) is 0.768. The van der Waals surface area contributed by atoms with Crippen molar-refractivity contribution in [2.45, 2.75) is 33.2 Å². The molecule has 4 amide bonds. The molecule has 0 radical (unpaired) electrons. The van der Waals surface area contributed by atoms with Crippen LogP contribution in [0.4, 0.5) is 4.79 Å². The first-order valence-corrected chi connectivity index (χ1v) is 6.68. The number of hydrogen-bond acceptors (Lipinski definition) is 4. The molecule has 0 saturated carbocycles. The van der Waals surface area contributed by atoms with Crippen LogP contribution < -0.4 is 5.32 Å². The fourth-order valence-corrected chi connectivity index (χ4v) is 2.44. The number of imidazole rings is 1. The van der Waals surface area contributed by atoms with E-state index in [9.17, 15) is 14.4 Å². The molecular formula is C13H18N4O3. The van der Waals surface area contributed by atoms with Crippen LogP contribution in [-0.2, 0) is 16.1 Å². The Labute approximate surface area is 117 Å². The highest BCUT2D eigenvalue weighted by atomic mass is 16.2. The second-order valence-corrected chi connectivity index (χ2v) is 4.81. The molecule has 1 fully saturated rings. The van der Waals surface area contributed by atoms with Crippen molar-refractivity contribution in [1.82, 2.24) is 19.8 Å². The molecule has 0 bridgehead atoms. The molecule has 20 heavy (non-hydrogen) atoms. The molecule has 1 aromatic rings. The number of carbonyl (C=O) groups excluding carboxylic acids is 3. The second kappa shape index (κ2) is 5.44. The van der Waals surface area contributed by atoms with Gasteiger partial charge in [-0.15, -0.1) is 0 Å². The molecule has 7 heteroatoms. The van der Waals surface area contributed by atoms with E-state index in [-0.39, 0.29) is 6.54 Å². The van der Waals surface area contributed by atoms with Gasteiger partial charge in [-0.2, -0.15) is 0 Å². The zero-order valence-corrected chi connectivity index (χ0v) is 11.6. The van der Waals surface area contributed by atoms with E-state index >= 15 is 0 Å². The first-order chi connectivity index (χ1) is 9.55. The molecule has 1 saturated heterocycles. The normalized spacial score (nSPS) is 18.3. The van der Waals surface area contributed by atoms with Gasteiger partial charge < -0.3 is 4.57 Å². The van der Waals surface area contributed by atoms with Crippen molar-refractivity contribution in [3.63, 3.8) is 0 Å². The Kier molecular flexibility index (Phi) is 3.87. The molecule has 0 aromatic carbocycles. The maximum atomic E-state index is 12.5. The van der Waals surface area contributed by atoms with E-state index in [2.05, 4.69) is 10.3 Å². The number of hydrogen-bond donors (Lipinski definition) is 1. The van der Waals surface area contributed by atoms with Crippen LogP contribution >= 0.6 is 0 Å². The zero-order valence-electron chi connectivity index (χ0n) is 11.6. The van der Waals surface area contributed by atoms with Crippen molar-refractivity contribution in [2.75, 3.05) is 6.54 Å². The number of carbonyl (C=O) groups is 3. The summed E-state index contributed by atoms with van der Waals surface area (Å²) in [5.74, 6) is -0.896. The summed E-state index contributed by atoms with van der Waals surface area (Å²) in [6, 6.07) is -0.641. The van der Waals surface area contributed by atoms with E-state index in [1.165, 1.54) is 0 Å². The third-order valence-corrected chi connectivity index (χ3v) is 3.90. The molecule has 7 nitrogen and oxygen atoms in total. The van der Waals surface area contributed by atoms with E-state index < -0.39 is 23.3 Å². The molecule has 0 unspecified atom stereocenters. The summed E-state index contributed by atoms with van der Waals surface area (Å²) in [6.07, 6.45) is 5.75. The first-order valence-electron chi connectivity index (χ1n) is 6.68. The zero-order chi connectivity index (χ0) is 14.8. The minimum absolute atomic E-state index is 0.218. The Morgan fingerprint density at radius 2 is 1.90 bits per heavy atom. The third-order valence-electron chi connectivity index (χ3n) is 3.90. The third kappa shape index (κ3) is 2.19. The average molecular weight is 278 g/mol. The lowest BCUT2D eigenvalue weighted by Gasteiger charge is -2.38. The van der Waals surface area contributed by atoms with Gasteiger partial charge >= 0.3 is 6.03 Å². The average Bonchev–Trinajstić information content (AvgIpc) is 2.93. The highest BCUT2D eigenvalue weighted by molar-refractivity contribution is 6.19. The van der Waals surface area contributed by atoms with Crippen molar-refractivity contribution in [1.29, 1.82) is 0 Å². The van der Waals surface area contributed by atoms with Crippen molar-refractivity contribution in [3.8, 4) is 0 Å². The van der Waals surface area contributed by atoms with Crippen LogP contribution in [0, 0.1) is 5.41 Å². The Hall–Kier alpha value is -2.18. The molecule has 2 rings (SSSR count). The largest absolute Gasteiger partial charge is 0.336 e. The Morgan fingerprint density at radius 3 is 2.45 bits per heavy atom. The van der Waals surface area contributed by atoms with Gasteiger partial charge in [-0.05, 0) is 12.8 Å². The molecule has 1 N–H and O–H groups in total. The van der Waals surface area contributed by atoms with E-state index in [4.69, 9.17) is 0 Å². The van der Waals surface area contributed by atoms with Crippen molar-refractivity contribution in [2.24, 2.45) is 5.41 Å². The Morgan fingerprint density at radius 1 is 1.20 bits per heavy atom. The van der Waals surface area contributed by atoms with Gasteiger partial charge in [0.2, 0.25) is 11.8 Å². The molecule has 1 aromatic heterocycles. The summed E-state index contributed by atoms with van der Waals surface area (Å²) in [5.41, 5.74) is -1.12. The number of barbiturate groups is 1. The number of nitrogens with zero attached hydrogens (tertiary/aromatic N) is 3. The van der Waals surface area contributed by atoms with Gasteiger partial charge in [0.1, 0.15) is 5.41 Å². The van der Waals surface area contributed by atoms with Crippen molar-refractivity contribution >= 4 is 17.8 Å². The molecule has 2 heterocycles. The summed E-state index contributed by atoms with van der Waals surface area (Å²) in [4.78, 5) is 41.4. The van der Waals surface area contributed by atoms with Gasteiger partial charge in [-0.25, -0.2) is 9.78 Å². The molecule has 1 aliphatic rings. The quantitative estimate of drug-likeness (QED) is 0.806. The maximum absolute atomic E-state index is 12.5. The standard InChI is InChI=1S/C13H18N4O3/c1-3-13(4-2)10(18)15-12(20)17(11(13)19)8-7-16-6-5-14-9-16/h5-6,9H,3-4,7-8H2,1-2H3,(H,15,18,20). The number of aromatic nitrogens is 2. The monoisotopic (exact) mass is 278 g/mol. The Bertz CT molecular complexity index is 520. The maximum Gasteiger partial charge on any atom is 0.330 e. The summed E-state index contributed by atoms with van der Waals surface area (Å²) < 4.78 is 1.77. The van der Waals surface area contributed by atoms with Gasteiger partial charge in [0, 0.05) is 25.5 Å². The lowest BCUT2D eigenvalue weighted by molar-refractivity contribution is -0.152. The lowest BCUT2D eigenvalue weighted by Crippen LogP contribution is -2.63. The molecule has 0 atom stereocenters. The van der Waals surface area contributed by atoms with Gasteiger partial charge in [0.25, 0.3) is 0 Å². The molecule has 0 aliphatic carbocycles. The van der Waals surface area contributed by atoms with E-state index in [1.807, 2.05) is 0 Å². The van der Waals surface area contributed by atoms with Crippen LogP contribution in [0.2, 0.25) is 0 Å². The number of imide groups is 2. The number of amides is 4. The molecule has 1 aliphatic heterocycles. The number of urea groups is 1.